The van der Waals surface area contributed by atoms with Crippen LogP contribution >= 0.6 is 0 Å². The predicted octanol–water partition coefficient (Wildman–Crippen LogP) is 19.5. The molecule has 0 aliphatic carbocycles. The molecule has 2 rings (SSSR count). The van der Waals surface area contributed by atoms with E-state index in [9.17, 15) is 0 Å². The zero-order valence-corrected chi connectivity index (χ0v) is 39.5. The van der Waals surface area contributed by atoms with Gasteiger partial charge in [-0.2, -0.15) is 0 Å². The summed E-state index contributed by atoms with van der Waals surface area (Å²) in [7, 11) is 0. The van der Waals surface area contributed by atoms with Crippen LogP contribution in [0.5, 0.6) is 0 Å². The maximum Gasteiger partial charge on any atom is 0.0551 e. The summed E-state index contributed by atoms with van der Waals surface area (Å²) >= 11 is 0. The normalized spacial score (nSPS) is 11.7. The summed E-state index contributed by atoms with van der Waals surface area (Å²) in [5, 5.41) is 0. The molecule has 0 heterocycles. The predicted molar refractivity (Wildman–Crippen MR) is 262 cm³/mol. The molecule has 0 fully saturated rings. The Kier molecular flexibility index (Phi) is 36.9. The van der Waals surface area contributed by atoms with Gasteiger partial charge in [0.1, 0.15) is 0 Å². The van der Waals surface area contributed by atoms with Gasteiger partial charge in [0.25, 0.3) is 0 Å². The van der Waals surface area contributed by atoms with Gasteiger partial charge in [-0.25, -0.2) is 0 Å². The fourth-order valence-electron chi connectivity index (χ4n) is 9.14. The molecule has 0 atom stereocenters. The van der Waals surface area contributed by atoms with Gasteiger partial charge in [-0.3, -0.25) is 0 Å². The lowest BCUT2D eigenvalue weighted by Gasteiger charge is -2.14. The Labute approximate surface area is 364 Å². The Hall–Kier alpha value is -1.60. The highest BCUT2D eigenvalue weighted by atomic mass is 14.6. The smallest absolute Gasteiger partial charge is 0.0551 e. The Morgan fingerprint density at radius 3 is 0.621 bits per heavy atom. The Morgan fingerprint density at radius 2 is 0.431 bits per heavy atom. The van der Waals surface area contributed by atoms with Crippen molar-refractivity contribution in [3.63, 3.8) is 0 Å². The Morgan fingerprint density at radius 1 is 0.259 bits per heavy atom. The average Bonchev–Trinajstić information content (AvgIpc) is 3.25. The third-order valence-electron chi connectivity index (χ3n) is 13.3. The topological polar surface area (TPSA) is 26.0 Å². The molecular weight excluding hydrogens is 699 g/mol. The largest absolute Gasteiger partial charge is 0.320 e. The molecule has 1 nitrogen and oxygen atoms in total. The highest BCUT2D eigenvalue weighted by Gasteiger charge is 2.09. The third-order valence-corrected chi connectivity index (χ3v) is 13.3. The molecule has 0 unspecified atom stereocenters. The molecule has 0 saturated carbocycles. The number of benzene rings is 2. The minimum atomic E-state index is -0.0393. The van der Waals surface area contributed by atoms with Crippen LogP contribution in [0.4, 0.5) is 0 Å². The SMILES string of the molecule is CCCCCCCCCCCCCCCCCCCCCCc1ccc(C(N)c2ccc(CCCCCCCCCCCCCCCCCCCCCC)cc2)cc1. The maximum absolute atomic E-state index is 6.73. The zero-order valence-electron chi connectivity index (χ0n) is 39.5. The number of nitrogens with two attached hydrogens (primary N) is 1. The van der Waals surface area contributed by atoms with E-state index in [-0.39, 0.29) is 6.04 Å². The summed E-state index contributed by atoms with van der Waals surface area (Å²) in [5.74, 6) is 0. The van der Waals surface area contributed by atoms with Gasteiger partial charge in [0, 0.05) is 0 Å². The van der Waals surface area contributed by atoms with Crippen molar-refractivity contribution in [3.05, 3.63) is 70.8 Å². The molecule has 2 aromatic rings. The van der Waals surface area contributed by atoms with Crippen molar-refractivity contribution in [3.8, 4) is 0 Å². The highest BCUT2D eigenvalue weighted by Crippen LogP contribution is 2.23. The molecule has 2 N–H and O–H groups in total. The second-order valence-corrected chi connectivity index (χ2v) is 18.9. The molecule has 0 amide bonds. The van der Waals surface area contributed by atoms with Crippen LogP contribution in [0.25, 0.3) is 0 Å². The fraction of sp³-hybridized carbons (Fsp3) is 0.789. The number of aryl methyl sites for hydroxylation is 2. The van der Waals surface area contributed by atoms with E-state index >= 15 is 0 Å². The zero-order chi connectivity index (χ0) is 41.2. The lowest BCUT2D eigenvalue weighted by Crippen LogP contribution is -2.11. The number of hydrogen-bond donors (Lipinski definition) is 1. The Balaban J connectivity index is 1.36. The molecular formula is C57H101N. The molecule has 0 bridgehead atoms. The summed E-state index contributed by atoms with van der Waals surface area (Å²) < 4.78 is 0. The number of unbranched alkanes of at least 4 members (excludes halogenated alkanes) is 38. The van der Waals surface area contributed by atoms with Gasteiger partial charge in [-0.1, -0.05) is 306 Å². The molecule has 58 heavy (non-hydrogen) atoms. The second kappa shape index (κ2) is 40.8. The van der Waals surface area contributed by atoms with E-state index in [0.29, 0.717) is 0 Å². The number of hydrogen-bond acceptors (Lipinski definition) is 1. The third kappa shape index (κ3) is 31.3. The average molecular weight is 800 g/mol. The fourth-order valence-corrected chi connectivity index (χ4v) is 9.14. The van der Waals surface area contributed by atoms with E-state index in [2.05, 4.69) is 62.4 Å². The molecule has 1 heteroatoms. The van der Waals surface area contributed by atoms with E-state index in [1.807, 2.05) is 0 Å². The van der Waals surface area contributed by atoms with E-state index in [1.54, 1.807) is 0 Å². The van der Waals surface area contributed by atoms with Crippen LogP contribution in [0.1, 0.15) is 299 Å². The first kappa shape index (κ1) is 52.5. The number of rotatable bonds is 44. The van der Waals surface area contributed by atoms with Gasteiger partial charge in [0.05, 0.1) is 6.04 Å². The van der Waals surface area contributed by atoms with Crippen LogP contribution in [-0.4, -0.2) is 0 Å². The van der Waals surface area contributed by atoms with Crippen LogP contribution in [0.3, 0.4) is 0 Å². The molecule has 334 valence electrons. The van der Waals surface area contributed by atoms with Gasteiger partial charge in [0.2, 0.25) is 0 Å². The first-order chi connectivity index (χ1) is 28.7. The molecule has 0 aromatic heterocycles. The van der Waals surface area contributed by atoms with E-state index in [4.69, 9.17) is 5.73 Å². The van der Waals surface area contributed by atoms with Crippen molar-refractivity contribution in [1.29, 1.82) is 0 Å². The van der Waals surface area contributed by atoms with E-state index < -0.39 is 0 Å². The standard InChI is InChI=1S/C57H101N/c1-3-5-7-9-11-13-15-17-19-21-23-25-27-29-31-33-35-37-39-41-43-53-45-49-55(50-46-53)57(58)56-51-47-54(48-52-56)44-42-40-38-36-34-32-30-28-26-24-22-20-18-16-14-12-10-8-6-4-2/h45-52,57H,3-44,58H2,1-2H3. The van der Waals surface area contributed by atoms with Crippen molar-refractivity contribution in [2.45, 2.75) is 290 Å². The van der Waals surface area contributed by atoms with Crippen LogP contribution in [0, 0.1) is 0 Å². The first-order valence-corrected chi connectivity index (χ1v) is 26.7. The van der Waals surface area contributed by atoms with Crippen LogP contribution in [-0.2, 0) is 12.8 Å². The molecule has 0 spiro atoms. The summed E-state index contributed by atoms with van der Waals surface area (Å²) in [6, 6.07) is 18.3. The van der Waals surface area contributed by atoms with Crippen molar-refractivity contribution >= 4 is 0 Å². The quantitative estimate of drug-likeness (QED) is 0.0664. The van der Waals surface area contributed by atoms with Crippen LogP contribution < -0.4 is 5.73 Å². The van der Waals surface area contributed by atoms with Gasteiger partial charge >= 0.3 is 0 Å². The van der Waals surface area contributed by atoms with E-state index in [0.717, 1.165) is 0 Å². The monoisotopic (exact) mass is 800 g/mol. The van der Waals surface area contributed by atoms with Crippen molar-refractivity contribution in [1.82, 2.24) is 0 Å². The highest BCUT2D eigenvalue weighted by molar-refractivity contribution is 5.34. The minimum absolute atomic E-state index is 0.0393. The minimum Gasteiger partial charge on any atom is -0.320 e. The molecule has 0 aliphatic heterocycles. The lowest BCUT2D eigenvalue weighted by molar-refractivity contribution is 0.521. The molecule has 0 radical (unpaired) electrons. The maximum atomic E-state index is 6.73. The molecule has 0 saturated heterocycles. The van der Waals surface area contributed by atoms with Gasteiger partial charge < -0.3 is 5.73 Å². The van der Waals surface area contributed by atoms with Gasteiger partial charge in [-0.15, -0.1) is 0 Å². The summed E-state index contributed by atoms with van der Waals surface area (Å²) in [6.45, 7) is 4.61. The van der Waals surface area contributed by atoms with Crippen molar-refractivity contribution in [2.75, 3.05) is 0 Å². The van der Waals surface area contributed by atoms with Crippen LogP contribution in [0.2, 0.25) is 0 Å². The summed E-state index contributed by atoms with van der Waals surface area (Å²) in [5.41, 5.74) is 12.1. The second-order valence-electron chi connectivity index (χ2n) is 18.9. The lowest BCUT2D eigenvalue weighted by atomic mass is 9.95. The van der Waals surface area contributed by atoms with Crippen LogP contribution in [0.15, 0.2) is 48.5 Å². The van der Waals surface area contributed by atoms with Crippen molar-refractivity contribution < 1.29 is 0 Å². The summed E-state index contributed by atoms with van der Waals surface area (Å²) in [4.78, 5) is 0. The van der Waals surface area contributed by atoms with Crippen molar-refractivity contribution in [2.24, 2.45) is 5.73 Å². The van der Waals surface area contributed by atoms with Gasteiger partial charge in [0.15, 0.2) is 0 Å². The Bertz CT molecular complexity index is 998. The first-order valence-electron chi connectivity index (χ1n) is 26.7. The van der Waals surface area contributed by atoms with Gasteiger partial charge in [-0.05, 0) is 47.9 Å². The summed E-state index contributed by atoms with van der Waals surface area (Å²) in [6.07, 6.45) is 60.0. The molecule has 2 aromatic carbocycles. The van der Waals surface area contributed by atoms with E-state index in [1.165, 1.54) is 292 Å². The molecule has 0 aliphatic rings.